The predicted octanol–water partition coefficient (Wildman–Crippen LogP) is 4.64. The SMILES string of the molecule is COc1ccc(NC(=O)c2ccccc2-c2ccc(OC)c(OC)c2)cc1OC. The molecule has 0 unspecified atom stereocenters. The van der Waals surface area contributed by atoms with Gasteiger partial charge in [0.05, 0.1) is 28.4 Å². The first kappa shape index (κ1) is 20.1. The van der Waals surface area contributed by atoms with Gasteiger partial charge >= 0.3 is 0 Å². The van der Waals surface area contributed by atoms with Crippen molar-refractivity contribution in [3.63, 3.8) is 0 Å². The van der Waals surface area contributed by atoms with Crippen LogP contribution in [-0.4, -0.2) is 34.3 Å². The van der Waals surface area contributed by atoms with Crippen LogP contribution in [-0.2, 0) is 0 Å². The van der Waals surface area contributed by atoms with Crippen LogP contribution in [0.25, 0.3) is 11.1 Å². The number of carbonyl (C=O) groups excluding carboxylic acids is 1. The van der Waals surface area contributed by atoms with Gasteiger partial charge in [-0.15, -0.1) is 0 Å². The summed E-state index contributed by atoms with van der Waals surface area (Å²) in [6.07, 6.45) is 0. The molecule has 0 saturated heterocycles. The summed E-state index contributed by atoms with van der Waals surface area (Å²) >= 11 is 0. The van der Waals surface area contributed by atoms with Crippen LogP contribution in [0.5, 0.6) is 23.0 Å². The van der Waals surface area contributed by atoms with Crippen molar-refractivity contribution in [1.29, 1.82) is 0 Å². The molecule has 0 saturated carbocycles. The number of anilines is 1. The van der Waals surface area contributed by atoms with Gasteiger partial charge in [0.2, 0.25) is 0 Å². The average molecular weight is 393 g/mol. The summed E-state index contributed by atoms with van der Waals surface area (Å²) in [6.45, 7) is 0. The van der Waals surface area contributed by atoms with Crippen molar-refractivity contribution in [1.82, 2.24) is 0 Å². The van der Waals surface area contributed by atoms with Crippen LogP contribution >= 0.6 is 0 Å². The first-order valence-corrected chi connectivity index (χ1v) is 8.96. The average Bonchev–Trinajstić information content (AvgIpc) is 2.78. The quantitative estimate of drug-likeness (QED) is 0.633. The molecule has 3 aromatic rings. The Morgan fingerprint density at radius 1 is 0.690 bits per heavy atom. The Morgan fingerprint density at radius 3 is 1.93 bits per heavy atom. The minimum absolute atomic E-state index is 0.234. The van der Waals surface area contributed by atoms with E-state index in [1.807, 2.05) is 36.4 Å². The first-order chi connectivity index (χ1) is 14.1. The molecule has 150 valence electrons. The number of methoxy groups -OCH3 is 4. The minimum atomic E-state index is -0.234. The van der Waals surface area contributed by atoms with E-state index in [9.17, 15) is 4.79 Å². The minimum Gasteiger partial charge on any atom is -0.493 e. The van der Waals surface area contributed by atoms with E-state index in [2.05, 4.69) is 5.32 Å². The van der Waals surface area contributed by atoms with Gasteiger partial charge < -0.3 is 24.3 Å². The summed E-state index contributed by atoms with van der Waals surface area (Å²) in [5.74, 6) is 2.13. The highest BCUT2D eigenvalue weighted by Crippen LogP contribution is 2.34. The van der Waals surface area contributed by atoms with E-state index < -0.39 is 0 Å². The van der Waals surface area contributed by atoms with Crippen LogP contribution in [0.3, 0.4) is 0 Å². The Labute approximate surface area is 170 Å². The van der Waals surface area contributed by atoms with E-state index in [0.29, 0.717) is 34.2 Å². The number of amides is 1. The Bertz CT molecular complexity index is 1020. The van der Waals surface area contributed by atoms with Crippen LogP contribution in [0.4, 0.5) is 5.69 Å². The Hall–Kier alpha value is -3.67. The molecular weight excluding hydrogens is 370 g/mol. The number of hydrogen-bond acceptors (Lipinski definition) is 5. The van der Waals surface area contributed by atoms with Crippen molar-refractivity contribution in [2.75, 3.05) is 33.8 Å². The summed E-state index contributed by atoms with van der Waals surface area (Å²) in [6, 6.07) is 18.2. The smallest absolute Gasteiger partial charge is 0.256 e. The van der Waals surface area contributed by atoms with Crippen LogP contribution in [0.2, 0.25) is 0 Å². The lowest BCUT2D eigenvalue weighted by molar-refractivity contribution is 0.102. The second kappa shape index (κ2) is 9.01. The predicted molar refractivity (Wildman–Crippen MR) is 112 cm³/mol. The maximum Gasteiger partial charge on any atom is 0.256 e. The molecule has 0 atom stereocenters. The van der Waals surface area contributed by atoms with E-state index in [1.54, 1.807) is 52.7 Å². The van der Waals surface area contributed by atoms with Gasteiger partial charge in [0.25, 0.3) is 5.91 Å². The standard InChI is InChI=1S/C23H23NO5/c1-26-19-11-9-15(13-21(19)28-3)17-7-5-6-8-18(17)23(25)24-16-10-12-20(27-2)22(14-16)29-4/h5-14H,1-4H3,(H,24,25). The van der Waals surface area contributed by atoms with Gasteiger partial charge in [-0.05, 0) is 41.5 Å². The zero-order valence-corrected chi connectivity index (χ0v) is 16.8. The van der Waals surface area contributed by atoms with E-state index in [0.717, 1.165) is 11.1 Å². The molecule has 0 aliphatic carbocycles. The highest BCUT2D eigenvalue weighted by molar-refractivity contribution is 6.08. The summed E-state index contributed by atoms with van der Waals surface area (Å²) in [7, 11) is 6.28. The summed E-state index contributed by atoms with van der Waals surface area (Å²) in [5.41, 5.74) is 2.77. The number of carbonyl (C=O) groups is 1. The molecule has 0 fully saturated rings. The molecule has 0 heterocycles. The molecule has 3 aromatic carbocycles. The summed E-state index contributed by atoms with van der Waals surface area (Å²) < 4.78 is 21.2. The van der Waals surface area contributed by atoms with Crippen molar-refractivity contribution in [3.05, 3.63) is 66.2 Å². The number of rotatable bonds is 7. The van der Waals surface area contributed by atoms with Gasteiger partial charge in [0, 0.05) is 17.3 Å². The maximum atomic E-state index is 13.0. The number of nitrogens with one attached hydrogen (secondary N) is 1. The fourth-order valence-corrected chi connectivity index (χ4v) is 3.05. The molecule has 1 N–H and O–H groups in total. The zero-order valence-electron chi connectivity index (χ0n) is 16.8. The van der Waals surface area contributed by atoms with Gasteiger partial charge in [-0.25, -0.2) is 0 Å². The second-order valence-electron chi connectivity index (χ2n) is 6.14. The van der Waals surface area contributed by atoms with Gasteiger partial charge in [-0.1, -0.05) is 24.3 Å². The largest absolute Gasteiger partial charge is 0.493 e. The lowest BCUT2D eigenvalue weighted by Crippen LogP contribution is -2.13. The van der Waals surface area contributed by atoms with E-state index >= 15 is 0 Å². The third-order valence-electron chi connectivity index (χ3n) is 4.51. The van der Waals surface area contributed by atoms with Crippen molar-refractivity contribution >= 4 is 11.6 Å². The molecule has 0 bridgehead atoms. The van der Waals surface area contributed by atoms with Gasteiger partial charge in [-0.2, -0.15) is 0 Å². The van der Waals surface area contributed by atoms with E-state index in [4.69, 9.17) is 18.9 Å². The molecule has 1 amide bonds. The van der Waals surface area contributed by atoms with Gasteiger partial charge in [0.15, 0.2) is 23.0 Å². The Kier molecular flexibility index (Phi) is 6.24. The van der Waals surface area contributed by atoms with Crippen molar-refractivity contribution in [2.45, 2.75) is 0 Å². The molecule has 0 spiro atoms. The Morgan fingerprint density at radius 2 is 1.28 bits per heavy atom. The molecule has 3 rings (SSSR count). The molecule has 0 aliphatic heterocycles. The molecule has 29 heavy (non-hydrogen) atoms. The molecule has 6 nitrogen and oxygen atoms in total. The lowest BCUT2D eigenvalue weighted by atomic mass is 9.98. The highest BCUT2D eigenvalue weighted by Gasteiger charge is 2.15. The highest BCUT2D eigenvalue weighted by atomic mass is 16.5. The number of benzene rings is 3. The summed E-state index contributed by atoms with van der Waals surface area (Å²) in [5, 5.41) is 2.92. The monoisotopic (exact) mass is 393 g/mol. The maximum absolute atomic E-state index is 13.0. The fraction of sp³-hybridized carbons (Fsp3) is 0.174. The normalized spacial score (nSPS) is 10.2. The first-order valence-electron chi connectivity index (χ1n) is 8.96. The van der Waals surface area contributed by atoms with Crippen LogP contribution in [0.1, 0.15) is 10.4 Å². The van der Waals surface area contributed by atoms with Crippen LogP contribution in [0, 0.1) is 0 Å². The van der Waals surface area contributed by atoms with E-state index in [1.165, 1.54) is 0 Å². The third kappa shape index (κ3) is 4.27. The van der Waals surface area contributed by atoms with Crippen LogP contribution < -0.4 is 24.3 Å². The van der Waals surface area contributed by atoms with Gasteiger partial charge in [0.1, 0.15) is 0 Å². The third-order valence-corrected chi connectivity index (χ3v) is 4.51. The molecule has 6 heteroatoms. The number of hydrogen-bond donors (Lipinski definition) is 1. The van der Waals surface area contributed by atoms with Crippen molar-refractivity contribution in [2.24, 2.45) is 0 Å². The molecule has 0 radical (unpaired) electrons. The fourth-order valence-electron chi connectivity index (χ4n) is 3.05. The Balaban J connectivity index is 1.94. The molecule has 0 aromatic heterocycles. The second-order valence-corrected chi connectivity index (χ2v) is 6.14. The zero-order chi connectivity index (χ0) is 20.8. The van der Waals surface area contributed by atoms with Crippen molar-refractivity contribution in [3.8, 4) is 34.1 Å². The number of ether oxygens (including phenoxy) is 4. The summed E-state index contributed by atoms with van der Waals surface area (Å²) in [4.78, 5) is 13.0. The van der Waals surface area contributed by atoms with Gasteiger partial charge in [-0.3, -0.25) is 4.79 Å². The molecule has 0 aliphatic rings. The van der Waals surface area contributed by atoms with E-state index in [-0.39, 0.29) is 5.91 Å². The molecular formula is C23H23NO5. The lowest BCUT2D eigenvalue weighted by Gasteiger charge is -2.14. The van der Waals surface area contributed by atoms with Crippen LogP contribution in [0.15, 0.2) is 60.7 Å². The topological polar surface area (TPSA) is 66.0 Å². The van der Waals surface area contributed by atoms with Crippen molar-refractivity contribution < 1.29 is 23.7 Å².